The van der Waals surface area contributed by atoms with Crippen molar-refractivity contribution < 1.29 is 0 Å². The van der Waals surface area contributed by atoms with Crippen LogP contribution in [0.25, 0.3) is 0 Å². The zero-order valence-electron chi connectivity index (χ0n) is 14.3. The highest BCUT2D eigenvalue weighted by atomic mass is 15.2. The van der Waals surface area contributed by atoms with Crippen LogP contribution in [-0.4, -0.2) is 23.0 Å². The maximum atomic E-state index is 2.88. The van der Waals surface area contributed by atoms with Gasteiger partial charge in [0.15, 0.2) is 0 Å². The second-order valence-corrected chi connectivity index (χ2v) is 6.75. The van der Waals surface area contributed by atoms with Gasteiger partial charge in [0.1, 0.15) is 0 Å². The molecule has 4 unspecified atom stereocenters. The van der Waals surface area contributed by atoms with Gasteiger partial charge in [-0.15, -0.1) is 0 Å². The molecular weight excluding hydrogens is 230 g/mol. The molecule has 0 amide bonds. The first-order valence-corrected chi connectivity index (χ1v) is 8.89. The zero-order chi connectivity index (χ0) is 14.4. The first kappa shape index (κ1) is 17.0. The first-order valence-electron chi connectivity index (χ1n) is 8.89. The van der Waals surface area contributed by atoms with Crippen molar-refractivity contribution in [2.45, 2.75) is 105 Å². The largest absolute Gasteiger partial charge is 0.294 e. The Kier molecular flexibility index (Phi) is 7.42. The van der Waals surface area contributed by atoms with E-state index in [1.165, 1.54) is 44.9 Å². The van der Waals surface area contributed by atoms with Gasteiger partial charge in [0, 0.05) is 18.1 Å². The van der Waals surface area contributed by atoms with E-state index in [2.05, 4.69) is 46.4 Å². The van der Waals surface area contributed by atoms with E-state index in [-0.39, 0.29) is 0 Å². The average molecular weight is 268 g/mol. The van der Waals surface area contributed by atoms with Crippen molar-refractivity contribution >= 4 is 0 Å². The minimum absolute atomic E-state index is 0.709. The Morgan fingerprint density at radius 1 is 0.789 bits per heavy atom. The average Bonchev–Trinajstić information content (AvgIpc) is 2.69. The fourth-order valence-corrected chi connectivity index (χ4v) is 4.64. The van der Waals surface area contributed by atoms with Crippen LogP contribution in [0, 0.1) is 11.8 Å². The van der Waals surface area contributed by atoms with E-state index in [0.717, 1.165) is 23.9 Å². The van der Waals surface area contributed by atoms with E-state index in [4.69, 9.17) is 0 Å². The van der Waals surface area contributed by atoms with Crippen molar-refractivity contribution in [2.75, 3.05) is 0 Å². The van der Waals surface area contributed by atoms with Gasteiger partial charge < -0.3 is 0 Å². The van der Waals surface area contributed by atoms with Crippen molar-refractivity contribution in [2.24, 2.45) is 11.8 Å². The lowest BCUT2D eigenvalue weighted by Gasteiger charge is -2.34. The molecule has 0 aromatic heterocycles. The molecule has 1 rings (SSSR count). The van der Waals surface area contributed by atoms with E-state index in [9.17, 15) is 0 Å². The van der Waals surface area contributed by atoms with Crippen LogP contribution < -0.4 is 0 Å². The van der Waals surface area contributed by atoms with Crippen LogP contribution in [-0.2, 0) is 0 Å². The molecule has 1 heterocycles. The van der Waals surface area contributed by atoms with E-state index in [1.54, 1.807) is 0 Å². The van der Waals surface area contributed by atoms with Crippen LogP contribution in [0.2, 0.25) is 0 Å². The highest BCUT2D eigenvalue weighted by Gasteiger charge is 2.46. The summed E-state index contributed by atoms with van der Waals surface area (Å²) in [7, 11) is 0. The molecule has 0 aromatic rings. The monoisotopic (exact) mass is 267 g/mol. The molecule has 0 bridgehead atoms. The SMILES string of the molecule is CCCCC1C(CCC)C(CC)N(C(C)C)C1CC. The second-order valence-electron chi connectivity index (χ2n) is 6.75. The number of hydrogen-bond donors (Lipinski definition) is 0. The smallest absolute Gasteiger partial charge is 0.0130 e. The molecule has 1 aliphatic heterocycles. The minimum atomic E-state index is 0.709. The Morgan fingerprint density at radius 2 is 1.32 bits per heavy atom. The molecular formula is C18H37N. The van der Waals surface area contributed by atoms with Crippen LogP contribution >= 0.6 is 0 Å². The summed E-state index contributed by atoms with van der Waals surface area (Å²) in [5.74, 6) is 1.91. The molecule has 114 valence electrons. The van der Waals surface area contributed by atoms with Gasteiger partial charge in [0.25, 0.3) is 0 Å². The lowest BCUT2D eigenvalue weighted by atomic mass is 9.79. The predicted molar refractivity (Wildman–Crippen MR) is 86.5 cm³/mol. The third-order valence-corrected chi connectivity index (χ3v) is 5.25. The summed E-state index contributed by atoms with van der Waals surface area (Å²) >= 11 is 0. The lowest BCUT2D eigenvalue weighted by Crippen LogP contribution is -2.42. The van der Waals surface area contributed by atoms with Crippen molar-refractivity contribution in [1.82, 2.24) is 4.90 Å². The molecule has 1 nitrogen and oxygen atoms in total. The first-order chi connectivity index (χ1) is 9.12. The van der Waals surface area contributed by atoms with Crippen LogP contribution in [0.15, 0.2) is 0 Å². The number of hydrogen-bond acceptors (Lipinski definition) is 1. The maximum Gasteiger partial charge on any atom is 0.0130 e. The summed E-state index contributed by atoms with van der Waals surface area (Å²) in [5.41, 5.74) is 0. The molecule has 0 aliphatic carbocycles. The summed E-state index contributed by atoms with van der Waals surface area (Å²) in [6.07, 6.45) is 9.69. The molecule has 0 aromatic carbocycles. The van der Waals surface area contributed by atoms with Crippen molar-refractivity contribution in [3.8, 4) is 0 Å². The zero-order valence-corrected chi connectivity index (χ0v) is 14.3. The highest BCUT2D eigenvalue weighted by Crippen LogP contribution is 2.44. The normalized spacial score (nSPS) is 32.4. The molecule has 1 fully saturated rings. The van der Waals surface area contributed by atoms with Crippen molar-refractivity contribution in [3.05, 3.63) is 0 Å². The van der Waals surface area contributed by atoms with E-state index >= 15 is 0 Å². The van der Waals surface area contributed by atoms with Gasteiger partial charge in [-0.2, -0.15) is 0 Å². The lowest BCUT2D eigenvalue weighted by molar-refractivity contribution is 0.124. The fraction of sp³-hybridized carbons (Fsp3) is 1.00. The topological polar surface area (TPSA) is 3.24 Å². The van der Waals surface area contributed by atoms with Gasteiger partial charge in [-0.3, -0.25) is 4.90 Å². The van der Waals surface area contributed by atoms with Crippen molar-refractivity contribution in [3.63, 3.8) is 0 Å². The fourth-order valence-electron chi connectivity index (χ4n) is 4.64. The highest BCUT2D eigenvalue weighted by molar-refractivity contribution is 4.99. The quantitative estimate of drug-likeness (QED) is 0.562. The second kappa shape index (κ2) is 8.29. The van der Waals surface area contributed by atoms with Crippen LogP contribution in [0.3, 0.4) is 0 Å². The molecule has 0 spiro atoms. The molecule has 1 aliphatic rings. The van der Waals surface area contributed by atoms with Crippen LogP contribution in [0.4, 0.5) is 0 Å². The number of nitrogens with zero attached hydrogens (tertiary/aromatic N) is 1. The van der Waals surface area contributed by atoms with Gasteiger partial charge in [0.2, 0.25) is 0 Å². The van der Waals surface area contributed by atoms with Gasteiger partial charge in [0.05, 0.1) is 0 Å². The van der Waals surface area contributed by atoms with Gasteiger partial charge in [-0.25, -0.2) is 0 Å². The molecule has 0 radical (unpaired) electrons. The van der Waals surface area contributed by atoms with Crippen LogP contribution in [0.1, 0.15) is 86.5 Å². The Balaban J connectivity index is 2.94. The Labute approximate surface area is 122 Å². The van der Waals surface area contributed by atoms with E-state index in [0.29, 0.717) is 6.04 Å². The van der Waals surface area contributed by atoms with Gasteiger partial charge in [-0.05, 0) is 51.4 Å². The molecule has 0 saturated carbocycles. The summed E-state index contributed by atoms with van der Waals surface area (Å²) in [6, 6.07) is 2.39. The Bertz CT molecular complexity index is 236. The number of likely N-dealkylation sites (tertiary alicyclic amines) is 1. The van der Waals surface area contributed by atoms with Gasteiger partial charge in [-0.1, -0.05) is 47.0 Å². The number of rotatable bonds is 8. The summed E-state index contributed by atoms with van der Waals surface area (Å²) in [5, 5.41) is 0. The van der Waals surface area contributed by atoms with Gasteiger partial charge >= 0.3 is 0 Å². The molecule has 4 atom stereocenters. The summed E-state index contributed by atoms with van der Waals surface area (Å²) < 4.78 is 0. The minimum Gasteiger partial charge on any atom is -0.294 e. The molecule has 19 heavy (non-hydrogen) atoms. The van der Waals surface area contributed by atoms with Crippen molar-refractivity contribution in [1.29, 1.82) is 0 Å². The van der Waals surface area contributed by atoms with E-state index in [1.807, 2.05) is 0 Å². The maximum absolute atomic E-state index is 2.88. The number of unbranched alkanes of at least 4 members (excludes halogenated alkanes) is 1. The third kappa shape index (κ3) is 3.74. The Hall–Kier alpha value is -0.0400. The Morgan fingerprint density at radius 3 is 1.68 bits per heavy atom. The summed E-state index contributed by atoms with van der Waals surface area (Å²) in [4.78, 5) is 2.88. The van der Waals surface area contributed by atoms with Crippen LogP contribution in [0.5, 0.6) is 0 Å². The van der Waals surface area contributed by atoms with E-state index < -0.39 is 0 Å². The molecule has 1 saturated heterocycles. The molecule has 0 N–H and O–H groups in total. The third-order valence-electron chi connectivity index (χ3n) is 5.25. The standard InChI is InChI=1S/C18H37N/c1-7-11-13-16-15(12-8-2)17(9-3)19(14(5)6)18(16)10-4/h14-18H,7-13H2,1-6H3. The molecule has 1 heteroatoms. The summed E-state index contributed by atoms with van der Waals surface area (Å²) in [6.45, 7) is 14.3. The predicted octanol–water partition coefficient (Wildman–Crippen LogP) is 5.49.